The minimum absolute atomic E-state index is 0.0206. The van der Waals surface area contributed by atoms with Crippen molar-refractivity contribution in [2.45, 2.75) is 39.2 Å². The number of rotatable bonds is 4. The van der Waals surface area contributed by atoms with Gasteiger partial charge in [0.2, 0.25) is 0 Å². The number of aryl methyl sites for hydroxylation is 1. The maximum absolute atomic E-state index is 11.9. The topological polar surface area (TPSA) is 29.1 Å². The smallest absolute Gasteiger partial charge is 0.251 e. The fourth-order valence-corrected chi connectivity index (χ4v) is 1.50. The van der Waals surface area contributed by atoms with Gasteiger partial charge in [-0.2, -0.15) is 0 Å². The molecule has 2 heteroatoms. The predicted octanol–water partition coefficient (Wildman–Crippen LogP) is 3.33. The standard InChI is InChI=1S/C15H21NO/c1-5-6-7-12-8-10-13(11-9-12)14(17)16-15(2,3)4/h5,8-11H,1,6-7H2,2-4H3,(H,16,17). The largest absolute Gasteiger partial charge is 0.347 e. The summed E-state index contributed by atoms with van der Waals surface area (Å²) < 4.78 is 0. The Hall–Kier alpha value is -1.57. The Balaban J connectivity index is 2.67. The van der Waals surface area contributed by atoms with Gasteiger partial charge in [0.05, 0.1) is 0 Å². The van der Waals surface area contributed by atoms with Crippen molar-refractivity contribution in [3.05, 3.63) is 48.0 Å². The summed E-state index contributed by atoms with van der Waals surface area (Å²) in [4.78, 5) is 11.9. The van der Waals surface area contributed by atoms with Crippen molar-refractivity contribution in [2.24, 2.45) is 0 Å². The first kappa shape index (κ1) is 13.5. The third-order valence-corrected chi connectivity index (χ3v) is 2.34. The lowest BCUT2D eigenvalue weighted by Gasteiger charge is -2.20. The minimum atomic E-state index is -0.196. The van der Waals surface area contributed by atoms with E-state index in [9.17, 15) is 4.79 Å². The van der Waals surface area contributed by atoms with E-state index in [1.54, 1.807) is 0 Å². The Morgan fingerprint density at radius 3 is 2.35 bits per heavy atom. The zero-order valence-electron chi connectivity index (χ0n) is 10.9. The summed E-state index contributed by atoms with van der Waals surface area (Å²) in [6.07, 6.45) is 3.85. The van der Waals surface area contributed by atoms with Crippen LogP contribution in [-0.4, -0.2) is 11.4 Å². The molecule has 92 valence electrons. The van der Waals surface area contributed by atoms with Crippen molar-refractivity contribution < 1.29 is 4.79 Å². The molecule has 0 aliphatic rings. The zero-order valence-corrected chi connectivity index (χ0v) is 10.9. The van der Waals surface area contributed by atoms with Crippen LogP contribution in [0.2, 0.25) is 0 Å². The van der Waals surface area contributed by atoms with Gasteiger partial charge >= 0.3 is 0 Å². The second-order valence-electron chi connectivity index (χ2n) is 5.23. The molecule has 1 aromatic carbocycles. The van der Waals surface area contributed by atoms with Crippen molar-refractivity contribution in [3.8, 4) is 0 Å². The van der Waals surface area contributed by atoms with Crippen molar-refractivity contribution >= 4 is 5.91 Å². The predicted molar refractivity (Wildman–Crippen MR) is 72.2 cm³/mol. The molecule has 0 aliphatic heterocycles. The Labute approximate surface area is 104 Å². The van der Waals surface area contributed by atoms with Crippen LogP contribution in [0.1, 0.15) is 43.1 Å². The molecule has 0 fully saturated rings. The van der Waals surface area contributed by atoms with Crippen LogP contribution >= 0.6 is 0 Å². The van der Waals surface area contributed by atoms with Crippen LogP contribution in [0, 0.1) is 0 Å². The lowest BCUT2D eigenvalue weighted by Crippen LogP contribution is -2.40. The third kappa shape index (κ3) is 4.85. The number of carbonyl (C=O) groups excluding carboxylic acids is 1. The van der Waals surface area contributed by atoms with Gasteiger partial charge in [0.15, 0.2) is 0 Å². The second kappa shape index (κ2) is 5.67. The Morgan fingerprint density at radius 1 is 1.29 bits per heavy atom. The molecule has 1 rings (SSSR count). The molecule has 0 aromatic heterocycles. The van der Waals surface area contributed by atoms with E-state index in [0.29, 0.717) is 5.56 Å². The molecule has 1 aromatic rings. The Morgan fingerprint density at radius 2 is 1.88 bits per heavy atom. The lowest BCUT2D eigenvalue weighted by molar-refractivity contribution is 0.0919. The normalized spacial score (nSPS) is 11.0. The van der Waals surface area contributed by atoms with E-state index < -0.39 is 0 Å². The number of allylic oxidation sites excluding steroid dienone is 1. The highest BCUT2D eigenvalue weighted by Crippen LogP contribution is 2.09. The van der Waals surface area contributed by atoms with Gasteiger partial charge in [-0.3, -0.25) is 4.79 Å². The summed E-state index contributed by atoms with van der Waals surface area (Å²) in [5, 5.41) is 2.94. The van der Waals surface area contributed by atoms with E-state index in [0.717, 1.165) is 12.8 Å². The zero-order chi connectivity index (χ0) is 12.9. The highest BCUT2D eigenvalue weighted by Gasteiger charge is 2.14. The number of nitrogens with one attached hydrogen (secondary N) is 1. The molecule has 0 saturated carbocycles. The van der Waals surface area contributed by atoms with Crippen LogP contribution in [0.15, 0.2) is 36.9 Å². The Kier molecular flexibility index (Phi) is 4.50. The molecule has 0 unspecified atom stereocenters. The van der Waals surface area contributed by atoms with Crippen LogP contribution in [0.3, 0.4) is 0 Å². The van der Waals surface area contributed by atoms with E-state index in [-0.39, 0.29) is 11.4 Å². The molecule has 0 bridgehead atoms. The number of benzene rings is 1. The van der Waals surface area contributed by atoms with Crippen LogP contribution in [0.4, 0.5) is 0 Å². The molecular formula is C15H21NO. The molecule has 1 amide bonds. The first-order valence-corrected chi connectivity index (χ1v) is 5.95. The van der Waals surface area contributed by atoms with E-state index in [1.807, 2.05) is 51.1 Å². The van der Waals surface area contributed by atoms with Gasteiger partial charge in [0, 0.05) is 11.1 Å². The fourth-order valence-electron chi connectivity index (χ4n) is 1.50. The summed E-state index contributed by atoms with van der Waals surface area (Å²) in [5.41, 5.74) is 1.75. The summed E-state index contributed by atoms with van der Waals surface area (Å²) in [5.74, 6) is -0.0206. The van der Waals surface area contributed by atoms with Gasteiger partial charge in [-0.1, -0.05) is 18.2 Å². The molecule has 0 radical (unpaired) electrons. The minimum Gasteiger partial charge on any atom is -0.347 e. The highest BCUT2D eigenvalue weighted by molar-refractivity contribution is 5.94. The van der Waals surface area contributed by atoms with E-state index >= 15 is 0 Å². The molecule has 17 heavy (non-hydrogen) atoms. The average molecular weight is 231 g/mol. The van der Waals surface area contributed by atoms with Gasteiger partial charge in [-0.25, -0.2) is 0 Å². The maximum atomic E-state index is 11.9. The molecule has 0 spiro atoms. The van der Waals surface area contributed by atoms with Crippen LogP contribution in [0.25, 0.3) is 0 Å². The summed E-state index contributed by atoms with van der Waals surface area (Å²) in [7, 11) is 0. The van der Waals surface area contributed by atoms with E-state index in [2.05, 4.69) is 11.9 Å². The summed E-state index contributed by atoms with van der Waals surface area (Å²) in [6, 6.07) is 7.75. The van der Waals surface area contributed by atoms with Crippen LogP contribution < -0.4 is 5.32 Å². The van der Waals surface area contributed by atoms with Crippen molar-refractivity contribution in [1.82, 2.24) is 5.32 Å². The van der Waals surface area contributed by atoms with Crippen LogP contribution in [-0.2, 0) is 6.42 Å². The molecule has 0 atom stereocenters. The quantitative estimate of drug-likeness (QED) is 0.791. The number of hydrogen-bond acceptors (Lipinski definition) is 1. The first-order valence-electron chi connectivity index (χ1n) is 5.95. The van der Waals surface area contributed by atoms with Gasteiger partial charge < -0.3 is 5.32 Å². The van der Waals surface area contributed by atoms with Gasteiger partial charge in [-0.15, -0.1) is 6.58 Å². The van der Waals surface area contributed by atoms with E-state index in [4.69, 9.17) is 0 Å². The van der Waals surface area contributed by atoms with Crippen LogP contribution in [0.5, 0.6) is 0 Å². The van der Waals surface area contributed by atoms with Crippen molar-refractivity contribution in [2.75, 3.05) is 0 Å². The average Bonchev–Trinajstić information content (AvgIpc) is 2.24. The van der Waals surface area contributed by atoms with Crippen molar-refractivity contribution in [1.29, 1.82) is 0 Å². The number of carbonyl (C=O) groups is 1. The van der Waals surface area contributed by atoms with Gasteiger partial charge in [-0.05, 0) is 51.3 Å². The SMILES string of the molecule is C=CCCc1ccc(C(=O)NC(C)(C)C)cc1. The summed E-state index contributed by atoms with van der Waals surface area (Å²) in [6.45, 7) is 9.62. The molecule has 0 aliphatic carbocycles. The molecule has 0 heterocycles. The highest BCUT2D eigenvalue weighted by atomic mass is 16.1. The monoisotopic (exact) mass is 231 g/mol. The van der Waals surface area contributed by atoms with Gasteiger partial charge in [0.25, 0.3) is 5.91 Å². The Bertz CT molecular complexity index is 384. The molecule has 1 N–H and O–H groups in total. The first-order chi connectivity index (χ1) is 7.92. The fraction of sp³-hybridized carbons (Fsp3) is 0.400. The van der Waals surface area contributed by atoms with Crippen molar-refractivity contribution in [3.63, 3.8) is 0 Å². The molecule has 0 saturated heterocycles. The van der Waals surface area contributed by atoms with E-state index in [1.165, 1.54) is 5.56 Å². The maximum Gasteiger partial charge on any atom is 0.251 e. The number of amides is 1. The second-order valence-corrected chi connectivity index (χ2v) is 5.23. The molecular weight excluding hydrogens is 210 g/mol. The van der Waals surface area contributed by atoms with Gasteiger partial charge in [0.1, 0.15) is 0 Å². The summed E-state index contributed by atoms with van der Waals surface area (Å²) >= 11 is 0. The number of hydrogen-bond donors (Lipinski definition) is 1. The lowest BCUT2D eigenvalue weighted by atomic mass is 10.1. The molecule has 2 nitrogen and oxygen atoms in total. The third-order valence-electron chi connectivity index (χ3n) is 2.34.